The van der Waals surface area contributed by atoms with Crippen molar-refractivity contribution in [2.45, 2.75) is 83.3 Å². The molecule has 154 valence electrons. The van der Waals surface area contributed by atoms with Gasteiger partial charge in [0.2, 0.25) is 0 Å². The summed E-state index contributed by atoms with van der Waals surface area (Å²) < 4.78 is 4.59. The first-order valence-electron chi connectivity index (χ1n) is 10.1. The highest BCUT2D eigenvalue weighted by Crippen LogP contribution is 2.34. The highest BCUT2D eigenvalue weighted by atomic mass is 16.5. The zero-order valence-electron chi connectivity index (χ0n) is 17.0. The van der Waals surface area contributed by atoms with Crippen molar-refractivity contribution in [3.8, 4) is 0 Å². The Morgan fingerprint density at radius 1 is 1.30 bits per heavy atom. The molecule has 4 atom stereocenters. The SMILES string of the molecule is CCCCC(C)(O)C/C=C/C1C(O)CC(=O)[C@@H]1CC/C=C\CCC(=O)OC. The van der Waals surface area contributed by atoms with E-state index in [1.165, 1.54) is 7.11 Å². The van der Waals surface area contributed by atoms with Crippen molar-refractivity contribution in [2.75, 3.05) is 7.11 Å². The Bertz CT molecular complexity index is 521. The molecule has 3 unspecified atom stereocenters. The van der Waals surface area contributed by atoms with Gasteiger partial charge in [0.15, 0.2) is 0 Å². The lowest BCUT2D eigenvalue weighted by Crippen LogP contribution is -2.23. The van der Waals surface area contributed by atoms with E-state index in [1.54, 1.807) is 0 Å². The van der Waals surface area contributed by atoms with Gasteiger partial charge >= 0.3 is 5.97 Å². The van der Waals surface area contributed by atoms with Crippen molar-refractivity contribution in [1.82, 2.24) is 0 Å². The Kier molecular flexibility index (Phi) is 10.6. The molecule has 0 aromatic heterocycles. The van der Waals surface area contributed by atoms with Gasteiger partial charge in [0, 0.05) is 24.7 Å². The highest BCUT2D eigenvalue weighted by molar-refractivity contribution is 5.84. The predicted molar refractivity (Wildman–Crippen MR) is 106 cm³/mol. The van der Waals surface area contributed by atoms with Crippen LogP contribution in [0.3, 0.4) is 0 Å². The summed E-state index contributed by atoms with van der Waals surface area (Å²) in [6.07, 6.45) is 13.0. The van der Waals surface area contributed by atoms with Gasteiger partial charge in [-0.1, -0.05) is 44.1 Å². The van der Waals surface area contributed by atoms with Gasteiger partial charge in [-0.2, -0.15) is 0 Å². The summed E-state index contributed by atoms with van der Waals surface area (Å²) >= 11 is 0. The van der Waals surface area contributed by atoms with E-state index >= 15 is 0 Å². The van der Waals surface area contributed by atoms with Gasteiger partial charge in [-0.05, 0) is 39.0 Å². The van der Waals surface area contributed by atoms with Crippen LogP contribution < -0.4 is 0 Å². The molecule has 1 aliphatic carbocycles. The molecule has 0 radical (unpaired) electrons. The number of methoxy groups -OCH3 is 1. The average Bonchev–Trinajstić information content (AvgIpc) is 2.89. The highest BCUT2D eigenvalue weighted by Gasteiger charge is 2.39. The fraction of sp³-hybridized carbons (Fsp3) is 0.727. The molecule has 0 saturated heterocycles. The van der Waals surface area contributed by atoms with E-state index in [2.05, 4.69) is 11.7 Å². The molecule has 0 bridgehead atoms. The second-order valence-electron chi connectivity index (χ2n) is 7.82. The Balaban J connectivity index is 2.49. The van der Waals surface area contributed by atoms with E-state index in [0.29, 0.717) is 25.7 Å². The molecule has 2 N–H and O–H groups in total. The van der Waals surface area contributed by atoms with Gasteiger partial charge in [0.1, 0.15) is 5.78 Å². The van der Waals surface area contributed by atoms with Crippen molar-refractivity contribution in [3.63, 3.8) is 0 Å². The van der Waals surface area contributed by atoms with Crippen LogP contribution in [0.15, 0.2) is 24.3 Å². The first kappa shape index (κ1) is 23.6. The minimum Gasteiger partial charge on any atom is -0.469 e. The third kappa shape index (κ3) is 8.85. The van der Waals surface area contributed by atoms with Gasteiger partial charge in [0.25, 0.3) is 0 Å². The van der Waals surface area contributed by atoms with Crippen molar-refractivity contribution in [1.29, 1.82) is 0 Å². The zero-order chi connectivity index (χ0) is 20.3. The minimum atomic E-state index is -0.738. The Morgan fingerprint density at radius 3 is 2.67 bits per heavy atom. The number of carbonyl (C=O) groups is 2. The van der Waals surface area contributed by atoms with Gasteiger partial charge < -0.3 is 14.9 Å². The number of hydrogen-bond donors (Lipinski definition) is 2. The summed E-state index contributed by atoms with van der Waals surface area (Å²) in [4.78, 5) is 23.3. The maximum atomic E-state index is 12.2. The summed E-state index contributed by atoms with van der Waals surface area (Å²) in [5.74, 6) is -0.475. The van der Waals surface area contributed by atoms with Crippen LogP contribution in [0.25, 0.3) is 0 Å². The minimum absolute atomic E-state index is 0.109. The molecule has 1 fully saturated rings. The number of ketones is 1. The summed E-state index contributed by atoms with van der Waals surface area (Å²) in [6, 6.07) is 0. The van der Waals surface area contributed by atoms with Crippen LogP contribution in [0.5, 0.6) is 0 Å². The number of rotatable bonds is 12. The number of ether oxygens (including phenoxy) is 1. The first-order chi connectivity index (χ1) is 12.8. The molecule has 5 heteroatoms. The molecule has 0 spiro atoms. The molecule has 1 saturated carbocycles. The molecule has 0 aliphatic heterocycles. The topological polar surface area (TPSA) is 83.8 Å². The van der Waals surface area contributed by atoms with Crippen LogP contribution in [0.1, 0.15) is 71.6 Å². The summed E-state index contributed by atoms with van der Waals surface area (Å²) in [7, 11) is 1.37. The Hall–Kier alpha value is -1.46. The second kappa shape index (κ2) is 12.1. The number of hydrogen-bond acceptors (Lipinski definition) is 5. The van der Waals surface area contributed by atoms with Gasteiger partial charge in [-0.25, -0.2) is 0 Å². The van der Waals surface area contributed by atoms with Crippen LogP contribution in [-0.2, 0) is 14.3 Å². The van der Waals surface area contributed by atoms with E-state index in [-0.39, 0.29) is 30.0 Å². The van der Waals surface area contributed by atoms with E-state index in [9.17, 15) is 19.8 Å². The number of aliphatic hydroxyl groups is 2. The summed E-state index contributed by atoms with van der Waals surface area (Å²) in [5.41, 5.74) is -0.738. The van der Waals surface area contributed by atoms with E-state index in [0.717, 1.165) is 25.7 Å². The van der Waals surface area contributed by atoms with Crippen molar-refractivity contribution < 1.29 is 24.5 Å². The lowest BCUT2D eigenvalue weighted by atomic mass is 9.88. The monoisotopic (exact) mass is 380 g/mol. The maximum Gasteiger partial charge on any atom is 0.305 e. The average molecular weight is 381 g/mol. The quantitative estimate of drug-likeness (QED) is 0.398. The number of unbranched alkanes of at least 4 members (excludes halogenated alkanes) is 1. The number of allylic oxidation sites excluding steroid dienone is 2. The molecular weight excluding hydrogens is 344 g/mol. The number of esters is 1. The lowest BCUT2D eigenvalue weighted by molar-refractivity contribution is -0.140. The summed E-state index contributed by atoms with van der Waals surface area (Å²) in [6.45, 7) is 3.93. The molecule has 0 aromatic carbocycles. The number of aliphatic hydroxyl groups excluding tert-OH is 1. The molecule has 27 heavy (non-hydrogen) atoms. The molecule has 0 aromatic rings. The second-order valence-corrected chi connectivity index (χ2v) is 7.82. The normalized spacial score (nSPS) is 25.4. The summed E-state index contributed by atoms with van der Waals surface area (Å²) in [5, 5.41) is 20.6. The zero-order valence-corrected chi connectivity index (χ0v) is 17.0. The molecule has 0 amide bonds. The fourth-order valence-electron chi connectivity index (χ4n) is 3.55. The van der Waals surface area contributed by atoms with E-state index in [1.807, 2.05) is 31.2 Å². The largest absolute Gasteiger partial charge is 0.469 e. The Labute approximate surface area is 163 Å². The number of carbonyl (C=O) groups excluding carboxylic acids is 2. The Morgan fingerprint density at radius 2 is 2.00 bits per heavy atom. The van der Waals surface area contributed by atoms with Gasteiger partial charge in [0.05, 0.1) is 18.8 Å². The molecule has 1 rings (SSSR count). The third-order valence-electron chi connectivity index (χ3n) is 5.27. The van der Waals surface area contributed by atoms with Gasteiger partial charge in [-0.15, -0.1) is 0 Å². The molecule has 1 aliphatic rings. The first-order valence-corrected chi connectivity index (χ1v) is 10.1. The van der Waals surface area contributed by atoms with Crippen LogP contribution in [-0.4, -0.2) is 40.8 Å². The number of Topliss-reactive ketones (excluding diaryl/α,β-unsaturated/α-hetero) is 1. The van der Waals surface area contributed by atoms with E-state index in [4.69, 9.17) is 0 Å². The van der Waals surface area contributed by atoms with Crippen LogP contribution in [0.2, 0.25) is 0 Å². The molecule has 5 nitrogen and oxygen atoms in total. The van der Waals surface area contributed by atoms with E-state index < -0.39 is 11.7 Å². The molecular formula is C22H36O5. The van der Waals surface area contributed by atoms with Crippen molar-refractivity contribution >= 4 is 11.8 Å². The maximum absolute atomic E-state index is 12.2. The van der Waals surface area contributed by atoms with Crippen molar-refractivity contribution in [3.05, 3.63) is 24.3 Å². The molecule has 0 heterocycles. The predicted octanol–water partition coefficient (Wildman–Crippen LogP) is 3.73. The van der Waals surface area contributed by atoms with Crippen LogP contribution in [0.4, 0.5) is 0 Å². The smallest absolute Gasteiger partial charge is 0.305 e. The van der Waals surface area contributed by atoms with Crippen LogP contribution in [0, 0.1) is 11.8 Å². The van der Waals surface area contributed by atoms with Crippen LogP contribution >= 0.6 is 0 Å². The van der Waals surface area contributed by atoms with Crippen molar-refractivity contribution in [2.24, 2.45) is 11.8 Å². The fourth-order valence-corrected chi connectivity index (χ4v) is 3.55. The standard InChI is InChI=1S/C22H36O5/c1-4-5-14-22(2,26)15-10-12-18-17(19(23)16-20(18)24)11-8-6-7-9-13-21(25)27-3/h6-7,10,12,17-18,20,24,26H,4-5,8-9,11,13-16H2,1-3H3/b7-6-,12-10+/t17-,18?,20?,22?/m1/s1. The third-order valence-corrected chi connectivity index (χ3v) is 5.27. The lowest BCUT2D eigenvalue weighted by Gasteiger charge is -2.22. The van der Waals surface area contributed by atoms with Gasteiger partial charge in [-0.3, -0.25) is 9.59 Å².